The first-order valence-corrected chi connectivity index (χ1v) is 8.81. The molecule has 0 aliphatic rings. The average Bonchev–Trinajstić information content (AvgIpc) is 3.14. The van der Waals surface area contributed by atoms with Gasteiger partial charge in [0.05, 0.1) is 5.56 Å². The van der Waals surface area contributed by atoms with Crippen molar-refractivity contribution in [3.63, 3.8) is 0 Å². The zero-order chi connectivity index (χ0) is 21.0. The molecule has 2 N–H and O–H groups in total. The summed E-state index contributed by atoms with van der Waals surface area (Å²) in [5.74, 6) is -0.691. The van der Waals surface area contributed by atoms with Crippen molar-refractivity contribution in [3.05, 3.63) is 82.6 Å². The maximum Gasteiger partial charge on any atom is 0.335 e. The Labute approximate surface area is 167 Å². The summed E-state index contributed by atoms with van der Waals surface area (Å²) in [4.78, 5) is 23.4. The molecule has 6 heteroatoms. The highest BCUT2D eigenvalue weighted by molar-refractivity contribution is 6.09. The van der Waals surface area contributed by atoms with E-state index in [1.54, 1.807) is 24.3 Å². The molecule has 144 valence electrons. The van der Waals surface area contributed by atoms with Crippen molar-refractivity contribution in [3.8, 4) is 17.4 Å². The normalized spacial score (nSPS) is 11.0. The van der Waals surface area contributed by atoms with Gasteiger partial charge in [0, 0.05) is 17.3 Å². The van der Waals surface area contributed by atoms with E-state index in [1.807, 2.05) is 38.1 Å². The van der Waals surface area contributed by atoms with Crippen LogP contribution in [0.1, 0.15) is 27.2 Å². The molecule has 1 heterocycles. The molecule has 3 rings (SSSR count). The lowest BCUT2D eigenvalue weighted by Gasteiger charge is -2.06. The van der Waals surface area contributed by atoms with Crippen molar-refractivity contribution >= 4 is 23.6 Å². The van der Waals surface area contributed by atoms with Crippen LogP contribution < -0.4 is 5.32 Å². The number of amides is 1. The lowest BCUT2D eigenvalue weighted by Crippen LogP contribution is -2.13. The van der Waals surface area contributed by atoms with Gasteiger partial charge in [-0.2, -0.15) is 5.26 Å². The smallest absolute Gasteiger partial charge is 0.335 e. The van der Waals surface area contributed by atoms with E-state index in [-0.39, 0.29) is 11.1 Å². The monoisotopic (exact) mass is 386 g/mol. The highest BCUT2D eigenvalue weighted by atomic mass is 16.4. The Bertz CT molecular complexity index is 1130. The number of hydrogen-bond acceptors (Lipinski definition) is 4. The van der Waals surface area contributed by atoms with Crippen LogP contribution in [0.2, 0.25) is 0 Å². The molecule has 0 atom stereocenters. The van der Waals surface area contributed by atoms with Gasteiger partial charge >= 0.3 is 5.97 Å². The number of nitrogens with zero attached hydrogens (tertiary/aromatic N) is 1. The van der Waals surface area contributed by atoms with Crippen molar-refractivity contribution in [1.82, 2.24) is 0 Å². The van der Waals surface area contributed by atoms with Gasteiger partial charge in [0.15, 0.2) is 0 Å². The fourth-order valence-corrected chi connectivity index (χ4v) is 2.90. The highest BCUT2D eigenvalue weighted by Gasteiger charge is 2.12. The number of rotatable bonds is 5. The molecule has 0 bridgehead atoms. The minimum absolute atomic E-state index is 0.0914. The molecule has 0 saturated carbocycles. The number of carboxylic acids is 1. The summed E-state index contributed by atoms with van der Waals surface area (Å²) in [6, 6.07) is 17.1. The lowest BCUT2D eigenvalue weighted by atomic mass is 10.1. The number of aromatic carboxylic acids is 1. The highest BCUT2D eigenvalue weighted by Crippen LogP contribution is 2.24. The Morgan fingerprint density at radius 3 is 2.28 bits per heavy atom. The van der Waals surface area contributed by atoms with Crippen molar-refractivity contribution < 1.29 is 19.1 Å². The first kappa shape index (κ1) is 19.6. The molecule has 29 heavy (non-hydrogen) atoms. The van der Waals surface area contributed by atoms with Crippen molar-refractivity contribution in [2.75, 3.05) is 5.32 Å². The second-order valence-corrected chi connectivity index (χ2v) is 6.58. The zero-order valence-corrected chi connectivity index (χ0v) is 15.9. The van der Waals surface area contributed by atoms with E-state index in [9.17, 15) is 14.9 Å². The zero-order valence-electron chi connectivity index (χ0n) is 15.9. The van der Waals surface area contributed by atoms with E-state index in [0.717, 1.165) is 11.1 Å². The van der Waals surface area contributed by atoms with E-state index in [2.05, 4.69) is 5.32 Å². The van der Waals surface area contributed by atoms with Gasteiger partial charge in [0.25, 0.3) is 5.91 Å². The second kappa shape index (κ2) is 8.28. The molecule has 0 aliphatic carbocycles. The van der Waals surface area contributed by atoms with Crippen LogP contribution in [0.15, 0.2) is 64.6 Å². The number of nitrogens with one attached hydrogen (secondary N) is 1. The minimum Gasteiger partial charge on any atom is -0.478 e. The van der Waals surface area contributed by atoms with E-state index in [4.69, 9.17) is 9.52 Å². The van der Waals surface area contributed by atoms with E-state index < -0.39 is 11.9 Å². The third-order valence-electron chi connectivity index (χ3n) is 4.17. The SMILES string of the molecule is Cc1cc(C)cc(NC(=O)/C(C#N)=C/c2ccc(-c3ccc(C(=O)O)cc3)o2)c1. The maximum atomic E-state index is 12.4. The van der Waals surface area contributed by atoms with Crippen LogP contribution in [-0.2, 0) is 4.79 Å². The predicted octanol–water partition coefficient (Wildman–Crippen LogP) is 4.81. The first-order chi connectivity index (χ1) is 13.9. The summed E-state index contributed by atoms with van der Waals surface area (Å²) in [6.07, 6.45) is 1.37. The third kappa shape index (κ3) is 4.79. The minimum atomic E-state index is -1.01. The Kier molecular flexibility index (Phi) is 5.61. The summed E-state index contributed by atoms with van der Waals surface area (Å²) < 4.78 is 5.69. The number of carbonyl (C=O) groups excluding carboxylic acids is 1. The van der Waals surface area contributed by atoms with Crippen LogP contribution in [0.5, 0.6) is 0 Å². The molecule has 6 nitrogen and oxygen atoms in total. The molecule has 3 aromatic rings. The number of aryl methyl sites for hydroxylation is 2. The van der Waals surface area contributed by atoms with Crippen LogP contribution in [0.3, 0.4) is 0 Å². The first-order valence-electron chi connectivity index (χ1n) is 8.81. The largest absolute Gasteiger partial charge is 0.478 e. The fourth-order valence-electron chi connectivity index (χ4n) is 2.90. The quantitative estimate of drug-likeness (QED) is 0.484. The molecule has 0 unspecified atom stereocenters. The summed E-state index contributed by atoms with van der Waals surface area (Å²) >= 11 is 0. The van der Waals surface area contributed by atoms with Crippen LogP contribution >= 0.6 is 0 Å². The van der Waals surface area contributed by atoms with Gasteiger partial charge < -0.3 is 14.8 Å². The number of benzene rings is 2. The van der Waals surface area contributed by atoms with E-state index >= 15 is 0 Å². The molecule has 0 aliphatic heterocycles. The van der Waals surface area contributed by atoms with Crippen molar-refractivity contribution in [2.45, 2.75) is 13.8 Å². The number of carboxylic acid groups (broad SMARTS) is 1. The van der Waals surface area contributed by atoms with Gasteiger partial charge in [-0.05, 0) is 61.4 Å². The molecule has 1 aromatic heterocycles. The number of anilines is 1. The maximum absolute atomic E-state index is 12.4. The number of carbonyl (C=O) groups is 2. The second-order valence-electron chi connectivity index (χ2n) is 6.58. The summed E-state index contributed by atoms with van der Waals surface area (Å²) in [6.45, 7) is 3.86. The third-order valence-corrected chi connectivity index (χ3v) is 4.17. The van der Waals surface area contributed by atoms with Gasteiger partial charge in [0.2, 0.25) is 0 Å². The standard InChI is InChI=1S/C23H18N2O4/c1-14-9-15(2)11-19(10-14)25-22(26)18(13-24)12-20-7-8-21(29-20)16-3-5-17(6-4-16)23(27)28/h3-12H,1-2H3,(H,25,26)(H,27,28)/b18-12+. The fraction of sp³-hybridized carbons (Fsp3) is 0.0870. The Morgan fingerprint density at radius 1 is 1.03 bits per heavy atom. The molecule has 1 amide bonds. The van der Waals surface area contributed by atoms with E-state index in [1.165, 1.54) is 18.2 Å². The molecule has 0 spiro atoms. The number of hydrogen-bond donors (Lipinski definition) is 2. The average molecular weight is 386 g/mol. The Hall–Kier alpha value is -4.11. The van der Waals surface area contributed by atoms with Crippen LogP contribution in [-0.4, -0.2) is 17.0 Å². The van der Waals surface area contributed by atoms with Crippen LogP contribution in [0.25, 0.3) is 17.4 Å². The summed E-state index contributed by atoms with van der Waals surface area (Å²) in [7, 11) is 0. The lowest BCUT2D eigenvalue weighted by molar-refractivity contribution is -0.112. The Morgan fingerprint density at radius 2 is 1.69 bits per heavy atom. The van der Waals surface area contributed by atoms with Gasteiger partial charge in [-0.1, -0.05) is 18.2 Å². The Balaban J connectivity index is 1.80. The molecular formula is C23H18N2O4. The van der Waals surface area contributed by atoms with Crippen LogP contribution in [0, 0.1) is 25.2 Å². The van der Waals surface area contributed by atoms with Crippen molar-refractivity contribution in [2.24, 2.45) is 0 Å². The molecule has 2 aromatic carbocycles. The molecular weight excluding hydrogens is 368 g/mol. The van der Waals surface area contributed by atoms with Gasteiger partial charge in [-0.25, -0.2) is 4.79 Å². The summed E-state index contributed by atoms with van der Waals surface area (Å²) in [5.41, 5.74) is 3.40. The topological polar surface area (TPSA) is 103 Å². The van der Waals surface area contributed by atoms with Crippen molar-refractivity contribution in [1.29, 1.82) is 5.26 Å². The van der Waals surface area contributed by atoms with Gasteiger partial charge in [-0.3, -0.25) is 4.79 Å². The molecule has 0 radical (unpaired) electrons. The molecule has 0 saturated heterocycles. The number of furan rings is 1. The summed E-state index contributed by atoms with van der Waals surface area (Å²) in [5, 5.41) is 21.1. The number of nitriles is 1. The van der Waals surface area contributed by atoms with Gasteiger partial charge in [-0.15, -0.1) is 0 Å². The van der Waals surface area contributed by atoms with Crippen LogP contribution in [0.4, 0.5) is 5.69 Å². The molecule has 0 fully saturated rings. The predicted molar refractivity (Wildman–Crippen MR) is 109 cm³/mol. The van der Waals surface area contributed by atoms with E-state index in [0.29, 0.717) is 22.8 Å². The van der Waals surface area contributed by atoms with Gasteiger partial charge in [0.1, 0.15) is 23.2 Å².